The molecule has 1 atom stereocenters. The van der Waals surface area contributed by atoms with E-state index in [1.807, 2.05) is 31.5 Å². The minimum Gasteiger partial charge on any atom is -0.352 e. The quantitative estimate of drug-likeness (QED) is 0.780. The molecular formula is C10H17N3O. The van der Waals surface area contributed by atoms with Gasteiger partial charge in [0.1, 0.15) is 0 Å². The standard InChI is InChI=1S/C10H17N3O/c1-8(2)10(14)12-9(3)6-13-5-4-11-7-13/h4-5,7-9H,6H2,1-3H3,(H,12,14)/t9-/m1/s1. The van der Waals surface area contributed by atoms with Crippen LogP contribution in [0.4, 0.5) is 0 Å². The molecule has 1 heterocycles. The molecule has 0 aliphatic carbocycles. The van der Waals surface area contributed by atoms with Gasteiger partial charge in [-0.1, -0.05) is 13.8 Å². The average Bonchev–Trinajstić information content (AvgIpc) is 2.56. The smallest absolute Gasteiger partial charge is 0.222 e. The third-order valence-electron chi connectivity index (χ3n) is 1.96. The Labute approximate surface area is 84.3 Å². The van der Waals surface area contributed by atoms with Gasteiger partial charge in [-0.3, -0.25) is 4.79 Å². The second-order valence-corrected chi connectivity index (χ2v) is 3.82. The highest BCUT2D eigenvalue weighted by atomic mass is 16.1. The largest absolute Gasteiger partial charge is 0.352 e. The number of aromatic nitrogens is 2. The van der Waals surface area contributed by atoms with Gasteiger partial charge in [-0.2, -0.15) is 0 Å². The van der Waals surface area contributed by atoms with E-state index in [1.165, 1.54) is 0 Å². The van der Waals surface area contributed by atoms with Crippen molar-refractivity contribution in [1.29, 1.82) is 0 Å². The van der Waals surface area contributed by atoms with Crippen LogP contribution in [0.15, 0.2) is 18.7 Å². The number of imidazole rings is 1. The van der Waals surface area contributed by atoms with E-state index in [2.05, 4.69) is 10.3 Å². The maximum absolute atomic E-state index is 11.3. The van der Waals surface area contributed by atoms with Gasteiger partial charge in [-0.25, -0.2) is 4.98 Å². The van der Waals surface area contributed by atoms with Crippen molar-refractivity contribution in [3.63, 3.8) is 0 Å². The van der Waals surface area contributed by atoms with Crippen molar-refractivity contribution in [1.82, 2.24) is 14.9 Å². The summed E-state index contributed by atoms with van der Waals surface area (Å²) in [5.41, 5.74) is 0. The maximum Gasteiger partial charge on any atom is 0.222 e. The molecule has 1 rings (SSSR count). The fourth-order valence-electron chi connectivity index (χ4n) is 1.17. The number of carbonyl (C=O) groups is 1. The summed E-state index contributed by atoms with van der Waals surface area (Å²) in [7, 11) is 0. The predicted molar refractivity (Wildman–Crippen MR) is 54.7 cm³/mol. The van der Waals surface area contributed by atoms with E-state index in [4.69, 9.17) is 0 Å². The van der Waals surface area contributed by atoms with Crippen LogP contribution < -0.4 is 5.32 Å². The molecule has 78 valence electrons. The van der Waals surface area contributed by atoms with Crippen LogP contribution in [0.1, 0.15) is 20.8 Å². The van der Waals surface area contributed by atoms with Crippen molar-refractivity contribution < 1.29 is 4.79 Å². The summed E-state index contributed by atoms with van der Waals surface area (Å²) in [6, 6.07) is 0.138. The fourth-order valence-corrected chi connectivity index (χ4v) is 1.17. The molecule has 0 fully saturated rings. The lowest BCUT2D eigenvalue weighted by molar-refractivity contribution is -0.124. The summed E-state index contributed by atoms with van der Waals surface area (Å²) in [4.78, 5) is 15.3. The number of nitrogens with one attached hydrogen (secondary N) is 1. The van der Waals surface area contributed by atoms with Gasteiger partial charge in [-0.15, -0.1) is 0 Å². The fraction of sp³-hybridized carbons (Fsp3) is 0.600. The van der Waals surface area contributed by atoms with Gasteiger partial charge in [0, 0.05) is 30.9 Å². The lowest BCUT2D eigenvalue weighted by Crippen LogP contribution is -2.37. The molecule has 0 spiro atoms. The monoisotopic (exact) mass is 195 g/mol. The third-order valence-corrected chi connectivity index (χ3v) is 1.96. The number of nitrogens with zero attached hydrogens (tertiary/aromatic N) is 2. The number of hydrogen-bond donors (Lipinski definition) is 1. The Kier molecular flexibility index (Phi) is 3.68. The molecule has 14 heavy (non-hydrogen) atoms. The second kappa shape index (κ2) is 4.79. The van der Waals surface area contributed by atoms with Crippen molar-refractivity contribution in [2.75, 3.05) is 0 Å². The SMILES string of the molecule is CC(C)C(=O)N[C@H](C)Cn1ccnc1. The minimum atomic E-state index is 0.0419. The Hall–Kier alpha value is -1.32. The van der Waals surface area contributed by atoms with Crippen LogP contribution in [-0.2, 0) is 11.3 Å². The van der Waals surface area contributed by atoms with Gasteiger partial charge in [0.25, 0.3) is 0 Å². The molecule has 0 aromatic carbocycles. The normalized spacial score (nSPS) is 12.9. The van der Waals surface area contributed by atoms with Crippen LogP contribution in [0.25, 0.3) is 0 Å². The van der Waals surface area contributed by atoms with E-state index in [0.29, 0.717) is 0 Å². The zero-order valence-electron chi connectivity index (χ0n) is 8.90. The molecule has 0 saturated carbocycles. The summed E-state index contributed by atoms with van der Waals surface area (Å²) in [6.45, 7) is 6.53. The Bertz CT molecular complexity index is 280. The first-order valence-electron chi connectivity index (χ1n) is 4.85. The molecule has 0 aliphatic rings. The van der Waals surface area contributed by atoms with Crippen LogP contribution in [0.2, 0.25) is 0 Å². The zero-order chi connectivity index (χ0) is 10.6. The van der Waals surface area contributed by atoms with Crippen LogP contribution in [0, 0.1) is 5.92 Å². The third kappa shape index (κ3) is 3.20. The van der Waals surface area contributed by atoms with E-state index in [9.17, 15) is 4.79 Å². The Morgan fingerprint density at radius 2 is 2.21 bits per heavy atom. The van der Waals surface area contributed by atoms with E-state index >= 15 is 0 Å². The second-order valence-electron chi connectivity index (χ2n) is 3.82. The first-order chi connectivity index (χ1) is 6.59. The van der Waals surface area contributed by atoms with Gasteiger partial charge >= 0.3 is 0 Å². The highest BCUT2D eigenvalue weighted by molar-refractivity contribution is 5.78. The molecule has 0 bridgehead atoms. The van der Waals surface area contributed by atoms with Crippen molar-refractivity contribution in [3.05, 3.63) is 18.7 Å². The predicted octanol–water partition coefficient (Wildman–Crippen LogP) is 1.04. The van der Waals surface area contributed by atoms with Gasteiger partial charge < -0.3 is 9.88 Å². The number of amides is 1. The van der Waals surface area contributed by atoms with Gasteiger partial charge in [-0.05, 0) is 6.92 Å². The zero-order valence-corrected chi connectivity index (χ0v) is 8.90. The number of carbonyl (C=O) groups excluding carboxylic acids is 1. The van der Waals surface area contributed by atoms with Crippen molar-refractivity contribution in [2.24, 2.45) is 5.92 Å². The molecule has 0 aliphatic heterocycles. The lowest BCUT2D eigenvalue weighted by atomic mass is 10.2. The first kappa shape index (κ1) is 10.8. The van der Waals surface area contributed by atoms with E-state index in [1.54, 1.807) is 12.5 Å². The van der Waals surface area contributed by atoms with Crippen LogP contribution in [0.3, 0.4) is 0 Å². The molecule has 4 heteroatoms. The summed E-state index contributed by atoms with van der Waals surface area (Å²) in [6.07, 6.45) is 5.37. The molecule has 0 unspecified atom stereocenters. The summed E-state index contributed by atoms with van der Waals surface area (Å²) in [5.74, 6) is 0.137. The summed E-state index contributed by atoms with van der Waals surface area (Å²) in [5, 5.41) is 2.93. The van der Waals surface area contributed by atoms with Crippen LogP contribution in [0.5, 0.6) is 0 Å². The molecule has 1 N–H and O–H groups in total. The maximum atomic E-state index is 11.3. The van der Waals surface area contributed by atoms with Crippen molar-refractivity contribution in [2.45, 2.75) is 33.4 Å². The Morgan fingerprint density at radius 3 is 2.71 bits per heavy atom. The van der Waals surface area contributed by atoms with E-state index in [0.717, 1.165) is 6.54 Å². The Morgan fingerprint density at radius 1 is 1.50 bits per heavy atom. The molecule has 0 radical (unpaired) electrons. The molecule has 4 nitrogen and oxygen atoms in total. The first-order valence-corrected chi connectivity index (χ1v) is 4.85. The van der Waals surface area contributed by atoms with Crippen molar-refractivity contribution in [3.8, 4) is 0 Å². The number of rotatable bonds is 4. The van der Waals surface area contributed by atoms with E-state index < -0.39 is 0 Å². The summed E-state index contributed by atoms with van der Waals surface area (Å²) >= 11 is 0. The average molecular weight is 195 g/mol. The summed E-state index contributed by atoms with van der Waals surface area (Å²) < 4.78 is 1.95. The molecule has 0 saturated heterocycles. The van der Waals surface area contributed by atoms with Crippen LogP contribution >= 0.6 is 0 Å². The van der Waals surface area contributed by atoms with Crippen LogP contribution in [-0.4, -0.2) is 21.5 Å². The van der Waals surface area contributed by atoms with Gasteiger partial charge in [0.15, 0.2) is 0 Å². The number of hydrogen-bond acceptors (Lipinski definition) is 2. The van der Waals surface area contributed by atoms with Gasteiger partial charge in [0.2, 0.25) is 5.91 Å². The molecule has 1 amide bonds. The minimum absolute atomic E-state index is 0.0419. The molecule has 1 aromatic heterocycles. The molecule has 1 aromatic rings. The topological polar surface area (TPSA) is 46.9 Å². The van der Waals surface area contributed by atoms with Gasteiger partial charge in [0.05, 0.1) is 6.33 Å². The highest BCUT2D eigenvalue weighted by Gasteiger charge is 2.10. The Balaban J connectivity index is 2.36. The molecular weight excluding hydrogens is 178 g/mol. The van der Waals surface area contributed by atoms with Crippen molar-refractivity contribution >= 4 is 5.91 Å². The van der Waals surface area contributed by atoms with E-state index in [-0.39, 0.29) is 17.9 Å². The highest BCUT2D eigenvalue weighted by Crippen LogP contribution is 1.95. The lowest BCUT2D eigenvalue weighted by Gasteiger charge is -2.15.